The summed E-state index contributed by atoms with van der Waals surface area (Å²) < 4.78 is 53.0. The number of methoxy groups -OCH3 is 1. The standard InChI is InChI=1S/C34H46FN3O6S.ClH/c1-4-15-38(16-5-2)45(41,42)17-14-34(40)37(23-27-12-9-13-30(19-27)43-3)24-33(39)32(36)21-28-18-29(35)22-31(20-28)44-25-26-10-7-6-8-11-26;/h6-13,18-20,22,32-33,39H,4-5,14-17,21,23-25,36H2,1-3H3;1H/t32-,33+;/m0./s1. The molecule has 0 aliphatic rings. The van der Waals surface area contributed by atoms with Gasteiger partial charge in [0, 0.05) is 44.7 Å². The van der Waals surface area contributed by atoms with E-state index in [0.717, 1.165) is 11.1 Å². The maximum Gasteiger partial charge on any atom is 0.224 e. The van der Waals surface area contributed by atoms with Crippen molar-refractivity contribution in [1.82, 2.24) is 9.21 Å². The molecule has 9 nitrogen and oxygen atoms in total. The second-order valence-corrected chi connectivity index (χ2v) is 13.2. The van der Waals surface area contributed by atoms with Gasteiger partial charge in [0.2, 0.25) is 15.9 Å². The molecule has 46 heavy (non-hydrogen) atoms. The van der Waals surface area contributed by atoms with Crippen LogP contribution >= 0.6 is 12.4 Å². The fourth-order valence-corrected chi connectivity index (χ4v) is 6.58. The minimum Gasteiger partial charge on any atom is -0.497 e. The normalized spacial score (nSPS) is 12.7. The molecule has 0 fully saturated rings. The third kappa shape index (κ3) is 12.5. The van der Waals surface area contributed by atoms with E-state index in [9.17, 15) is 22.7 Å². The molecule has 0 bridgehead atoms. The van der Waals surface area contributed by atoms with E-state index in [-0.39, 0.29) is 50.7 Å². The zero-order chi connectivity index (χ0) is 32.8. The summed E-state index contributed by atoms with van der Waals surface area (Å²) in [6.45, 7) is 4.85. The number of aliphatic hydroxyl groups is 1. The lowest BCUT2D eigenvalue weighted by atomic mass is 10.0. The van der Waals surface area contributed by atoms with Gasteiger partial charge < -0.3 is 25.2 Å². The number of aliphatic hydroxyl groups excluding tert-OH is 1. The lowest BCUT2D eigenvalue weighted by molar-refractivity contribution is -0.133. The van der Waals surface area contributed by atoms with Crippen LogP contribution in [0.25, 0.3) is 0 Å². The number of benzene rings is 3. The van der Waals surface area contributed by atoms with Crippen LogP contribution in [0, 0.1) is 5.82 Å². The average Bonchev–Trinajstić information content (AvgIpc) is 3.02. The van der Waals surface area contributed by atoms with Crippen molar-refractivity contribution >= 4 is 28.3 Å². The Hall–Kier alpha value is -3.22. The van der Waals surface area contributed by atoms with E-state index in [2.05, 4.69) is 0 Å². The maximum atomic E-state index is 14.5. The molecule has 1 amide bonds. The number of hydrogen-bond acceptors (Lipinski definition) is 7. The Bertz CT molecular complexity index is 1460. The van der Waals surface area contributed by atoms with E-state index < -0.39 is 33.9 Å². The molecule has 0 aromatic heterocycles. The second-order valence-electron chi connectivity index (χ2n) is 11.1. The zero-order valence-corrected chi connectivity index (χ0v) is 28.4. The fraction of sp³-hybridized carbons (Fsp3) is 0.441. The lowest BCUT2D eigenvalue weighted by Gasteiger charge is -2.29. The predicted octanol–water partition coefficient (Wildman–Crippen LogP) is 4.94. The van der Waals surface area contributed by atoms with E-state index in [1.807, 2.05) is 50.2 Å². The van der Waals surface area contributed by atoms with Crippen molar-refractivity contribution < 1.29 is 32.2 Å². The number of nitrogens with two attached hydrogens (primary N) is 1. The van der Waals surface area contributed by atoms with Gasteiger partial charge in [0.05, 0.1) is 19.0 Å². The van der Waals surface area contributed by atoms with Crippen molar-refractivity contribution in [3.8, 4) is 11.5 Å². The number of sulfonamides is 1. The summed E-state index contributed by atoms with van der Waals surface area (Å²) in [4.78, 5) is 14.9. The molecule has 3 rings (SSSR count). The van der Waals surface area contributed by atoms with Crippen molar-refractivity contribution in [3.63, 3.8) is 0 Å². The topological polar surface area (TPSA) is 122 Å². The van der Waals surface area contributed by atoms with Crippen molar-refractivity contribution in [2.45, 2.75) is 64.8 Å². The van der Waals surface area contributed by atoms with Gasteiger partial charge in [0.25, 0.3) is 0 Å². The Morgan fingerprint density at radius 3 is 2.24 bits per heavy atom. The Morgan fingerprint density at radius 1 is 0.935 bits per heavy atom. The van der Waals surface area contributed by atoms with Crippen LogP contribution in [0.4, 0.5) is 4.39 Å². The van der Waals surface area contributed by atoms with Crippen LogP contribution in [0.3, 0.4) is 0 Å². The van der Waals surface area contributed by atoms with E-state index >= 15 is 0 Å². The van der Waals surface area contributed by atoms with Crippen molar-refractivity contribution in [3.05, 3.63) is 95.3 Å². The average molecular weight is 680 g/mol. The van der Waals surface area contributed by atoms with Crippen LogP contribution in [0.15, 0.2) is 72.8 Å². The highest BCUT2D eigenvalue weighted by molar-refractivity contribution is 7.89. The lowest BCUT2D eigenvalue weighted by Crippen LogP contribution is -2.46. The molecule has 0 spiro atoms. The molecule has 3 aromatic carbocycles. The SMILES string of the molecule is CCCN(CCC)S(=O)(=O)CCC(=O)N(Cc1cccc(OC)c1)C[C@@H](O)[C@@H](N)Cc1cc(F)cc(OCc2ccccc2)c1.Cl. The highest BCUT2D eigenvalue weighted by Gasteiger charge is 2.26. The van der Waals surface area contributed by atoms with Gasteiger partial charge in [-0.15, -0.1) is 12.4 Å². The summed E-state index contributed by atoms with van der Waals surface area (Å²) in [6.07, 6.45) is 0.0459. The summed E-state index contributed by atoms with van der Waals surface area (Å²) in [5, 5.41) is 11.1. The third-order valence-electron chi connectivity index (χ3n) is 7.33. The van der Waals surface area contributed by atoms with Gasteiger partial charge in [0.15, 0.2) is 0 Å². The number of amides is 1. The number of ether oxygens (including phenoxy) is 2. The summed E-state index contributed by atoms with van der Waals surface area (Å²) in [7, 11) is -2.10. The molecule has 12 heteroatoms. The minimum absolute atomic E-state index is 0. The summed E-state index contributed by atoms with van der Waals surface area (Å²) in [5.41, 5.74) is 8.60. The summed E-state index contributed by atoms with van der Waals surface area (Å²) in [5.74, 6) is -0.313. The first kappa shape index (κ1) is 39.0. The number of halogens is 2. The first-order valence-electron chi connectivity index (χ1n) is 15.3. The monoisotopic (exact) mass is 679 g/mol. The van der Waals surface area contributed by atoms with Crippen LogP contribution in [0.5, 0.6) is 11.5 Å². The molecule has 3 N–H and O–H groups in total. The van der Waals surface area contributed by atoms with Crippen LogP contribution in [0.2, 0.25) is 0 Å². The summed E-state index contributed by atoms with van der Waals surface area (Å²) >= 11 is 0. The Labute approximate surface area is 279 Å². The predicted molar refractivity (Wildman–Crippen MR) is 181 cm³/mol. The minimum atomic E-state index is -3.64. The van der Waals surface area contributed by atoms with Gasteiger partial charge in [-0.2, -0.15) is 0 Å². The van der Waals surface area contributed by atoms with Crippen LogP contribution in [-0.4, -0.2) is 73.3 Å². The second kappa shape index (κ2) is 19.4. The number of rotatable bonds is 19. The molecular weight excluding hydrogens is 633 g/mol. The summed E-state index contributed by atoms with van der Waals surface area (Å²) in [6, 6.07) is 20.1. The molecule has 254 valence electrons. The number of carbonyl (C=O) groups is 1. The molecule has 0 unspecified atom stereocenters. The molecule has 3 aromatic rings. The van der Waals surface area contributed by atoms with E-state index in [1.54, 1.807) is 31.4 Å². The number of nitrogens with zero attached hydrogens (tertiary/aromatic N) is 2. The van der Waals surface area contributed by atoms with Crippen molar-refractivity contribution in [1.29, 1.82) is 0 Å². The van der Waals surface area contributed by atoms with E-state index in [0.29, 0.717) is 43.0 Å². The molecule has 0 radical (unpaired) electrons. The quantitative estimate of drug-likeness (QED) is 0.184. The Morgan fingerprint density at radius 2 is 1.59 bits per heavy atom. The molecule has 0 heterocycles. The number of hydrogen-bond donors (Lipinski definition) is 2. The van der Waals surface area contributed by atoms with Crippen LogP contribution in [-0.2, 0) is 34.4 Å². The first-order valence-corrected chi connectivity index (χ1v) is 16.9. The van der Waals surface area contributed by atoms with Gasteiger partial charge in [-0.3, -0.25) is 4.79 Å². The van der Waals surface area contributed by atoms with Gasteiger partial charge in [-0.05, 0) is 60.2 Å². The third-order valence-corrected chi connectivity index (χ3v) is 9.20. The zero-order valence-electron chi connectivity index (χ0n) is 26.8. The van der Waals surface area contributed by atoms with Crippen molar-refractivity contribution in [2.24, 2.45) is 5.73 Å². The maximum absolute atomic E-state index is 14.5. The van der Waals surface area contributed by atoms with Crippen LogP contribution < -0.4 is 15.2 Å². The van der Waals surface area contributed by atoms with Crippen molar-refractivity contribution in [2.75, 3.05) is 32.5 Å². The molecule has 0 saturated carbocycles. The number of carbonyl (C=O) groups excluding carboxylic acids is 1. The molecular formula is C34H47ClFN3O6S. The Balaban J connectivity index is 0.00000736. The van der Waals surface area contributed by atoms with Gasteiger partial charge in [-0.1, -0.05) is 56.3 Å². The van der Waals surface area contributed by atoms with Crippen LogP contribution in [0.1, 0.15) is 49.8 Å². The van der Waals surface area contributed by atoms with E-state index in [1.165, 1.54) is 21.3 Å². The molecule has 2 atom stereocenters. The van der Waals surface area contributed by atoms with E-state index in [4.69, 9.17) is 15.2 Å². The molecule has 0 aliphatic carbocycles. The Kier molecular flexibility index (Phi) is 16.5. The molecule has 0 aliphatic heterocycles. The highest BCUT2D eigenvalue weighted by atomic mass is 35.5. The first-order chi connectivity index (χ1) is 21.5. The van der Waals surface area contributed by atoms with Gasteiger partial charge >= 0.3 is 0 Å². The smallest absolute Gasteiger partial charge is 0.224 e. The van der Waals surface area contributed by atoms with Gasteiger partial charge in [0.1, 0.15) is 23.9 Å². The van der Waals surface area contributed by atoms with Gasteiger partial charge in [-0.25, -0.2) is 17.1 Å². The fourth-order valence-electron chi connectivity index (χ4n) is 4.97. The molecule has 0 saturated heterocycles. The highest BCUT2D eigenvalue weighted by Crippen LogP contribution is 2.21. The largest absolute Gasteiger partial charge is 0.497 e.